The Morgan fingerprint density at radius 1 is 1.12 bits per heavy atom. The van der Waals surface area contributed by atoms with Crippen LogP contribution in [0.4, 0.5) is 11.5 Å². The fourth-order valence-electron chi connectivity index (χ4n) is 3.01. The summed E-state index contributed by atoms with van der Waals surface area (Å²) in [6.07, 6.45) is 9.91. The number of carbonyl (C=O) groups excluding carboxylic acids is 1. The molecule has 2 N–H and O–H groups in total. The van der Waals surface area contributed by atoms with Gasteiger partial charge in [-0.25, -0.2) is 9.97 Å². The van der Waals surface area contributed by atoms with Crippen LogP contribution in [0, 0.1) is 11.3 Å². The Labute approximate surface area is 147 Å². The molecule has 3 rings (SSSR count). The van der Waals surface area contributed by atoms with E-state index in [2.05, 4.69) is 26.7 Å². The fraction of sp³-hybridized carbons (Fsp3) is 0.368. The van der Waals surface area contributed by atoms with Crippen molar-refractivity contribution >= 4 is 17.4 Å². The Hall–Kier alpha value is -2.94. The zero-order valence-corrected chi connectivity index (χ0v) is 14.0. The van der Waals surface area contributed by atoms with Gasteiger partial charge in [0.2, 0.25) is 0 Å². The average molecular weight is 335 g/mol. The van der Waals surface area contributed by atoms with Crippen molar-refractivity contribution in [3.05, 3.63) is 47.9 Å². The lowest BCUT2D eigenvalue weighted by Crippen LogP contribution is -2.34. The highest BCUT2D eigenvalue weighted by atomic mass is 16.1. The van der Waals surface area contributed by atoms with Crippen LogP contribution in [-0.2, 0) is 0 Å². The zero-order chi connectivity index (χ0) is 17.5. The number of hydrogen-bond acceptors (Lipinski definition) is 5. The van der Waals surface area contributed by atoms with E-state index in [1.165, 1.54) is 38.1 Å². The molecule has 128 valence electrons. The van der Waals surface area contributed by atoms with Gasteiger partial charge in [0.25, 0.3) is 5.91 Å². The molecule has 1 amide bonds. The van der Waals surface area contributed by atoms with Crippen molar-refractivity contribution in [1.82, 2.24) is 15.3 Å². The molecule has 1 aromatic heterocycles. The third kappa shape index (κ3) is 4.77. The Morgan fingerprint density at radius 2 is 1.92 bits per heavy atom. The van der Waals surface area contributed by atoms with Crippen molar-refractivity contribution in [2.24, 2.45) is 0 Å². The number of carbonyl (C=O) groups is 1. The molecule has 0 unspecified atom stereocenters. The maximum Gasteiger partial charge on any atom is 0.271 e. The summed E-state index contributed by atoms with van der Waals surface area (Å²) < 4.78 is 0. The molecule has 1 aliphatic rings. The molecule has 0 radical (unpaired) electrons. The van der Waals surface area contributed by atoms with Crippen LogP contribution in [0.25, 0.3) is 0 Å². The molecule has 1 saturated carbocycles. The molecule has 0 aliphatic heterocycles. The van der Waals surface area contributed by atoms with E-state index >= 15 is 0 Å². The number of nitriles is 1. The van der Waals surface area contributed by atoms with Crippen LogP contribution >= 0.6 is 0 Å². The molecule has 1 heterocycles. The first kappa shape index (κ1) is 16.9. The summed E-state index contributed by atoms with van der Waals surface area (Å²) in [7, 11) is 0. The van der Waals surface area contributed by atoms with E-state index in [4.69, 9.17) is 5.26 Å². The maximum absolute atomic E-state index is 12.3. The van der Waals surface area contributed by atoms with Gasteiger partial charge in [-0.2, -0.15) is 5.26 Å². The Kier molecular flexibility index (Phi) is 5.57. The summed E-state index contributed by atoms with van der Waals surface area (Å²) in [6.45, 7) is 0. The molecule has 1 aromatic carbocycles. The molecule has 6 nitrogen and oxygen atoms in total. The van der Waals surface area contributed by atoms with Gasteiger partial charge in [0.15, 0.2) is 0 Å². The molecule has 6 heteroatoms. The summed E-state index contributed by atoms with van der Waals surface area (Å²) >= 11 is 0. The van der Waals surface area contributed by atoms with E-state index in [1.807, 2.05) is 6.07 Å². The topological polar surface area (TPSA) is 90.7 Å². The second-order valence-corrected chi connectivity index (χ2v) is 6.27. The standard InChI is InChI=1S/C19H21N5O/c20-11-14-6-5-9-16(10-14)23-18-13-21-17(12-22-18)19(25)24-15-7-3-1-2-4-8-15/h5-6,9-10,12-13,15H,1-4,7-8H2,(H,22,23)(H,24,25). The summed E-state index contributed by atoms with van der Waals surface area (Å²) in [6, 6.07) is 9.43. The van der Waals surface area contributed by atoms with Crippen LogP contribution in [0.2, 0.25) is 0 Å². The van der Waals surface area contributed by atoms with E-state index in [9.17, 15) is 4.79 Å². The van der Waals surface area contributed by atoms with Crippen molar-refractivity contribution in [3.63, 3.8) is 0 Å². The van der Waals surface area contributed by atoms with Crippen molar-refractivity contribution in [1.29, 1.82) is 5.26 Å². The molecular formula is C19H21N5O. The van der Waals surface area contributed by atoms with Crippen LogP contribution in [0.15, 0.2) is 36.7 Å². The summed E-state index contributed by atoms with van der Waals surface area (Å²) in [4.78, 5) is 20.8. The predicted octanol–water partition coefficient (Wildman–Crippen LogP) is 3.54. The first-order valence-corrected chi connectivity index (χ1v) is 8.65. The Bertz CT molecular complexity index is 758. The normalized spacial score (nSPS) is 15.0. The Balaban J connectivity index is 1.61. The first-order chi connectivity index (χ1) is 12.2. The van der Waals surface area contributed by atoms with E-state index < -0.39 is 0 Å². The molecule has 0 bridgehead atoms. The Morgan fingerprint density at radius 3 is 2.60 bits per heavy atom. The number of amides is 1. The lowest BCUT2D eigenvalue weighted by Gasteiger charge is -2.15. The average Bonchev–Trinajstić information content (AvgIpc) is 2.91. The number of nitrogens with one attached hydrogen (secondary N) is 2. The van der Waals surface area contributed by atoms with Crippen molar-refractivity contribution in [3.8, 4) is 6.07 Å². The number of rotatable bonds is 4. The number of nitrogens with zero attached hydrogens (tertiary/aromatic N) is 3. The van der Waals surface area contributed by atoms with Gasteiger partial charge in [0.1, 0.15) is 11.5 Å². The van der Waals surface area contributed by atoms with E-state index in [1.54, 1.807) is 18.2 Å². The minimum absolute atomic E-state index is 0.169. The molecule has 1 aliphatic carbocycles. The smallest absolute Gasteiger partial charge is 0.271 e. The highest BCUT2D eigenvalue weighted by molar-refractivity contribution is 5.92. The van der Waals surface area contributed by atoms with Gasteiger partial charge in [-0.3, -0.25) is 4.79 Å². The molecular weight excluding hydrogens is 314 g/mol. The molecule has 25 heavy (non-hydrogen) atoms. The van der Waals surface area contributed by atoms with Gasteiger partial charge in [-0.1, -0.05) is 31.7 Å². The molecule has 0 saturated heterocycles. The third-order valence-corrected chi connectivity index (χ3v) is 4.34. The van der Waals surface area contributed by atoms with E-state index in [0.29, 0.717) is 17.1 Å². The number of hydrogen-bond donors (Lipinski definition) is 2. The zero-order valence-electron chi connectivity index (χ0n) is 14.0. The minimum Gasteiger partial charge on any atom is -0.348 e. The van der Waals surface area contributed by atoms with Crippen molar-refractivity contribution < 1.29 is 4.79 Å². The SMILES string of the molecule is N#Cc1cccc(Nc2cnc(C(=O)NC3CCCCCC3)cn2)c1. The highest BCUT2D eigenvalue weighted by Crippen LogP contribution is 2.18. The van der Waals surface area contributed by atoms with Gasteiger partial charge in [-0.15, -0.1) is 0 Å². The first-order valence-electron chi connectivity index (χ1n) is 8.65. The molecule has 0 spiro atoms. The monoisotopic (exact) mass is 335 g/mol. The second-order valence-electron chi connectivity index (χ2n) is 6.27. The second kappa shape index (κ2) is 8.25. The van der Waals surface area contributed by atoms with Gasteiger partial charge in [0, 0.05) is 11.7 Å². The highest BCUT2D eigenvalue weighted by Gasteiger charge is 2.16. The summed E-state index contributed by atoms with van der Waals surface area (Å²) in [5, 5.41) is 15.1. The largest absolute Gasteiger partial charge is 0.348 e. The van der Waals surface area contributed by atoms with Crippen molar-refractivity contribution in [2.75, 3.05) is 5.32 Å². The van der Waals surface area contributed by atoms with Gasteiger partial charge in [0.05, 0.1) is 24.0 Å². The van der Waals surface area contributed by atoms with E-state index in [-0.39, 0.29) is 11.9 Å². The molecule has 0 atom stereocenters. The summed E-state index contributed by atoms with van der Waals surface area (Å²) in [5.74, 6) is 0.360. The minimum atomic E-state index is -0.169. The van der Waals surface area contributed by atoms with Gasteiger partial charge < -0.3 is 10.6 Å². The molecule has 1 fully saturated rings. The van der Waals surface area contributed by atoms with Crippen LogP contribution in [0.5, 0.6) is 0 Å². The van der Waals surface area contributed by atoms with Crippen molar-refractivity contribution in [2.45, 2.75) is 44.6 Å². The number of benzene rings is 1. The van der Waals surface area contributed by atoms with Crippen LogP contribution in [-0.4, -0.2) is 21.9 Å². The van der Waals surface area contributed by atoms with Crippen LogP contribution in [0.1, 0.15) is 54.6 Å². The fourth-order valence-corrected chi connectivity index (χ4v) is 3.01. The lowest BCUT2D eigenvalue weighted by atomic mass is 10.1. The summed E-state index contributed by atoms with van der Waals surface area (Å²) in [5.41, 5.74) is 1.64. The van der Waals surface area contributed by atoms with Crippen LogP contribution < -0.4 is 10.6 Å². The molecule has 2 aromatic rings. The third-order valence-electron chi connectivity index (χ3n) is 4.34. The maximum atomic E-state index is 12.3. The number of anilines is 2. The predicted molar refractivity (Wildman–Crippen MR) is 95.4 cm³/mol. The van der Waals surface area contributed by atoms with Gasteiger partial charge in [-0.05, 0) is 31.0 Å². The quantitative estimate of drug-likeness (QED) is 0.834. The number of aromatic nitrogens is 2. The lowest BCUT2D eigenvalue weighted by molar-refractivity contribution is 0.0928. The van der Waals surface area contributed by atoms with Gasteiger partial charge >= 0.3 is 0 Å². The van der Waals surface area contributed by atoms with E-state index in [0.717, 1.165) is 18.5 Å². The van der Waals surface area contributed by atoms with Crippen LogP contribution in [0.3, 0.4) is 0 Å².